The molecule has 3 aromatic rings. The molecule has 8 heteroatoms. The molecule has 2 N–H and O–H groups in total. The molecule has 0 saturated carbocycles. The molecule has 2 aliphatic heterocycles. The molecule has 0 radical (unpaired) electrons. The van der Waals surface area contributed by atoms with Crippen molar-refractivity contribution in [3.05, 3.63) is 89.7 Å². The van der Waals surface area contributed by atoms with E-state index in [0.29, 0.717) is 24.5 Å². The minimum absolute atomic E-state index is 0.194. The zero-order valence-electron chi connectivity index (χ0n) is 18.6. The zero-order valence-corrected chi connectivity index (χ0v) is 19.4. The second-order valence-electron chi connectivity index (χ2n) is 8.48. The van der Waals surface area contributed by atoms with Crippen LogP contribution in [0.15, 0.2) is 72.8 Å². The van der Waals surface area contributed by atoms with Crippen molar-refractivity contribution < 1.29 is 13.9 Å². The lowest BCUT2D eigenvalue weighted by Gasteiger charge is -2.31. The Morgan fingerprint density at radius 1 is 1.09 bits per heavy atom. The first-order valence-corrected chi connectivity index (χ1v) is 11.6. The van der Waals surface area contributed by atoms with E-state index >= 15 is 4.39 Å². The Bertz CT molecular complexity index is 1220. The second kappa shape index (κ2) is 9.30. The van der Waals surface area contributed by atoms with Gasteiger partial charge in [0.1, 0.15) is 11.9 Å². The fraction of sp³-hybridized carbons (Fsp3) is 0.231. The van der Waals surface area contributed by atoms with Crippen molar-refractivity contribution in [2.45, 2.75) is 19.1 Å². The molecule has 0 aliphatic carbocycles. The number of carbonyl (C=O) groups is 1. The number of ether oxygens (including phenoxy) is 1. The smallest absolute Gasteiger partial charge is 0.414 e. The highest BCUT2D eigenvalue weighted by molar-refractivity contribution is 7.80. The van der Waals surface area contributed by atoms with E-state index in [-0.39, 0.29) is 17.5 Å². The summed E-state index contributed by atoms with van der Waals surface area (Å²) in [7, 11) is 0. The third kappa shape index (κ3) is 4.41. The van der Waals surface area contributed by atoms with Crippen LogP contribution < -0.4 is 20.4 Å². The van der Waals surface area contributed by atoms with E-state index in [1.165, 1.54) is 22.1 Å². The van der Waals surface area contributed by atoms with E-state index < -0.39 is 12.2 Å². The van der Waals surface area contributed by atoms with Gasteiger partial charge in [0.15, 0.2) is 5.11 Å². The van der Waals surface area contributed by atoms with Gasteiger partial charge in [0.25, 0.3) is 0 Å². The Morgan fingerprint density at radius 2 is 1.82 bits per heavy atom. The molecule has 0 aromatic heterocycles. The van der Waals surface area contributed by atoms with Gasteiger partial charge < -0.3 is 20.3 Å². The third-order valence-corrected chi connectivity index (χ3v) is 6.53. The van der Waals surface area contributed by atoms with E-state index in [2.05, 4.69) is 12.1 Å². The van der Waals surface area contributed by atoms with Crippen LogP contribution in [0.2, 0.25) is 0 Å². The third-order valence-electron chi connectivity index (χ3n) is 6.31. The summed E-state index contributed by atoms with van der Waals surface area (Å²) in [5.74, 6) is -0.359. The molecule has 2 heterocycles. The van der Waals surface area contributed by atoms with Crippen molar-refractivity contribution >= 4 is 40.5 Å². The van der Waals surface area contributed by atoms with Crippen LogP contribution in [0.25, 0.3) is 0 Å². The molecule has 5 rings (SSSR count). The monoisotopic (exact) mass is 476 g/mol. The molecule has 174 valence electrons. The Kier molecular flexibility index (Phi) is 6.06. The molecule has 6 nitrogen and oxygen atoms in total. The highest BCUT2D eigenvalue weighted by Gasteiger charge is 2.34. The predicted molar refractivity (Wildman–Crippen MR) is 136 cm³/mol. The van der Waals surface area contributed by atoms with Crippen LogP contribution in [-0.4, -0.2) is 36.9 Å². The SMILES string of the molecule is NC(=S)N(C[C@@H]1CN(c2ccc(N3CCc4ccccc4C3)c(F)c2)C(=O)O1)c1ccccc1. The summed E-state index contributed by atoms with van der Waals surface area (Å²) in [6.45, 7) is 2.00. The minimum atomic E-state index is -0.514. The van der Waals surface area contributed by atoms with Crippen molar-refractivity contribution in [1.29, 1.82) is 0 Å². The van der Waals surface area contributed by atoms with Crippen LogP contribution in [0.5, 0.6) is 0 Å². The van der Waals surface area contributed by atoms with E-state index in [9.17, 15) is 4.79 Å². The number of nitrogens with two attached hydrogens (primary N) is 1. The summed E-state index contributed by atoms with van der Waals surface area (Å²) in [6, 6.07) is 22.6. The molecule has 1 amide bonds. The molecule has 2 aliphatic rings. The summed E-state index contributed by atoms with van der Waals surface area (Å²) < 4.78 is 20.7. The fourth-order valence-corrected chi connectivity index (χ4v) is 4.76. The fourth-order valence-electron chi connectivity index (χ4n) is 4.58. The molecule has 1 atom stereocenters. The highest BCUT2D eigenvalue weighted by Crippen LogP contribution is 2.31. The summed E-state index contributed by atoms with van der Waals surface area (Å²) in [6.07, 6.45) is -0.103. The number of fused-ring (bicyclic) bond motifs is 1. The minimum Gasteiger partial charge on any atom is -0.442 e. The number of cyclic esters (lactones) is 1. The Labute approximate surface area is 203 Å². The van der Waals surface area contributed by atoms with Crippen molar-refractivity contribution in [3.8, 4) is 0 Å². The van der Waals surface area contributed by atoms with Crippen LogP contribution in [-0.2, 0) is 17.7 Å². The van der Waals surface area contributed by atoms with E-state index in [1.54, 1.807) is 17.0 Å². The summed E-state index contributed by atoms with van der Waals surface area (Å²) in [5.41, 5.74) is 10.3. The first-order chi connectivity index (χ1) is 16.5. The van der Waals surface area contributed by atoms with Crippen LogP contribution in [0.1, 0.15) is 11.1 Å². The lowest BCUT2D eigenvalue weighted by molar-refractivity contribution is 0.145. The number of hydrogen-bond donors (Lipinski definition) is 1. The number of carbonyl (C=O) groups excluding carboxylic acids is 1. The Hall–Kier alpha value is -3.65. The molecular formula is C26H25FN4O2S. The molecular weight excluding hydrogens is 451 g/mol. The number of amides is 1. The van der Waals surface area contributed by atoms with Gasteiger partial charge in [-0.3, -0.25) is 4.90 Å². The van der Waals surface area contributed by atoms with Gasteiger partial charge in [-0.2, -0.15) is 0 Å². The summed E-state index contributed by atoms with van der Waals surface area (Å²) in [4.78, 5) is 17.8. The highest BCUT2D eigenvalue weighted by atomic mass is 32.1. The van der Waals surface area contributed by atoms with Crippen LogP contribution in [0.4, 0.5) is 26.2 Å². The maximum Gasteiger partial charge on any atom is 0.414 e. The number of thiocarbonyl (C=S) groups is 1. The van der Waals surface area contributed by atoms with Gasteiger partial charge in [0.05, 0.1) is 24.5 Å². The number of benzene rings is 3. The Morgan fingerprint density at radius 3 is 2.56 bits per heavy atom. The summed E-state index contributed by atoms with van der Waals surface area (Å²) in [5, 5.41) is 0.194. The van der Waals surface area contributed by atoms with Gasteiger partial charge in [-0.05, 0) is 60.1 Å². The summed E-state index contributed by atoms with van der Waals surface area (Å²) >= 11 is 5.20. The lowest BCUT2D eigenvalue weighted by atomic mass is 9.99. The Balaban J connectivity index is 1.29. The van der Waals surface area contributed by atoms with Crippen molar-refractivity contribution in [1.82, 2.24) is 0 Å². The number of rotatable bonds is 5. The average Bonchev–Trinajstić information content (AvgIpc) is 3.22. The quantitative estimate of drug-likeness (QED) is 0.549. The maximum absolute atomic E-state index is 15.2. The number of para-hydroxylation sites is 1. The molecule has 0 spiro atoms. The van der Waals surface area contributed by atoms with Gasteiger partial charge >= 0.3 is 6.09 Å². The molecule has 0 bridgehead atoms. The number of nitrogens with zero attached hydrogens (tertiary/aromatic N) is 3. The first-order valence-electron chi connectivity index (χ1n) is 11.2. The number of hydrogen-bond acceptors (Lipinski definition) is 4. The van der Waals surface area contributed by atoms with E-state index in [4.69, 9.17) is 22.7 Å². The van der Waals surface area contributed by atoms with E-state index in [1.807, 2.05) is 47.4 Å². The van der Waals surface area contributed by atoms with Gasteiger partial charge in [-0.25, -0.2) is 9.18 Å². The normalized spacial score (nSPS) is 17.3. The van der Waals surface area contributed by atoms with E-state index in [0.717, 1.165) is 18.7 Å². The second-order valence-corrected chi connectivity index (χ2v) is 8.90. The largest absolute Gasteiger partial charge is 0.442 e. The van der Waals surface area contributed by atoms with Crippen molar-refractivity contribution in [2.75, 3.05) is 34.3 Å². The zero-order chi connectivity index (χ0) is 23.7. The first kappa shape index (κ1) is 22.2. The van der Waals surface area contributed by atoms with Crippen molar-refractivity contribution in [3.63, 3.8) is 0 Å². The number of anilines is 3. The van der Waals surface area contributed by atoms with Crippen LogP contribution in [0.3, 0.4) is 0 Å². The van der Waals surface area contributed by atoms with Gasteiger partial charge in [-0.15, -0.1) is 0 Å². The average molecular weight is 477 g/mol. The number of halogens is 1. The van der Waals surface area contributed by atoms with Crippen LogP contribution >= 0.6 is 12.2 Å². The molecule has 3 aromatic carbocycles. The van der Waals surface area contributed by atoms with Gasteiger partial charge in [0.2, 0.25) is 0 Å². The maximum atomic E-state index is 15.2. The molecule has 1 saturated heterocycles. The van der Waals surface area contributed by atoms with Crippen LogP contribution in [0, 0.1) is 5.82 Å². The van der Waals surface area contributed by atoms with Gasteiger partial charge in [-0.1, -0.05) is 42.5 Å². The molecule has 1 fully saturated rings. The predicted octanol–water partition coefficient (Wildman–Crippen LogP) is 4.46. The molecule has 34 heavy (non-hydrogen) atoms. The van der Waals surface area contributed by atoms with Crippen molar-refractivity contribution in [2.24, 2.45) is 5.73 Å². The lowest BCUT2D eigenvalue weighted by Crippen LogP contribution is -2.42. The topological polar surface area (TPSA) is 62.0 Å². The molecule has 0 unspecified atom stereocenters. The standard InChI is InChI=1S/C26H25FN4O2S/c27-23-14-21(10-11-24(23)29-13-12-18-6-4-5-7-19(18)15-29)31-17-22(33-26(31)32)16-30(25(28)34)20-8-2-1-3-9-20/h1-11,14,22H,12-13,15-17H2,(H2,28,34)/t22-/m1/s1. The van der Waals surface area contributed by atoms with Gasteiger partial charge in [0, 0.05) is 18.8 Å².